The minimum Gasteiger partial charge on any atom is -0.497 e. The second-order valence-corrected chi connectivity index (χ2v) is 4.13. The zero-order valence-corrected chi connectivity index (χ0v) is 10.7. The molecular formula is C13H18N4O. The molecule has 1 heterocycles. The Morgan fingerprint density at radius 1 is 1.44 bits per heavy atom. The monoisotopic (exact) mass is 246 g/mol. The summed E-state index contributed by atoms with van der Waals surface area (Å²) in [6.07, 6.45) is 2.37. The first-order valence-corrected chi connectivity index (χ1v) is 6.01. The fourth-order valence-electron chi connectivity index (χ4n) is 1.79. The third kappa shape index (κ3) is 3.30. The normalized spacial score (nSPS) is 12.3. The summed E-state index contributed by atoms with van der Waals surface area (Å²) in [4.78, 5) is 4.09. The highest BCUT2D eigenvalue weighted by molar-refractivity contribution is 5.30. The number of methoxy groups -OCH3 is 1. The maximum absolute atomic E-state index is 5.22. The Bertz CT molecular complexity index is 470. The summed E-state index contributed by atoms with van der Waals surface area (Å²) in [5.74, 6) is 1.79. The first-order chi connectivity index (χ1) is 8.79. The van der Waals surface area contributed by atoms with Gasteiger partial charge in [-0.05, 0) is 24.6 Å². The fraction of sp³-hybridized carbons (Fsp3) is 0.385. The number of H-pyrrole nitrogens is 1. The predicted octanol–water partition coefficient (Wildman–Crippen LogP) is 1.71. The lowest BCUT2D eigenvalue weighted by atomic mass is 10.1. The number of ether oxygens (including phenoxy) is 1. The fourth-order valence-corrected chi connectivity index (χ4v) is 1.79. The second kappa shape index (κ2) is 6.16. The van der Waals surface area contributed by atoms with Crippen molar-refractivity contribution >= 4 is 0 Å². The van der Waals surface area contributed by atoms with Gasteiger partial charge in [0.05, 0.1) is 7.11 Å². The highest BCUT2D eigenvalue weighted by Crippen LogP contribution is 2.18. The molecule has 96 valence electrons. The molecule has 0 saturated carbocycles. The van der Waals surface area contributed by atoms with Gasteiger partial charge in [0.2, 0.25) is 0 Å². The Morgan fingerprint density at radius 2 is 2.33 bits per heavy atom. The first kappa shape index (κ1) is 12.6. The number of nitrogens with zero attached hydrogens (tertiary/aromatic N) is 2. The van der Waals surface area contributed by atoms with Gasteiger partial charge in [0.25, 0.3) is 0 Å². The molecule has 2 N–H and O–H groups in total. The van der Waals surface area contributed by atoms with Gasteiger partial charge >= 0.3 is 0 Å². The summed E-state index contributed by atoms with van der Waals surface area (Å²) in [5.41, 5.74) is 1.21. The first-order valence-electron chi connectivity index (χ1n) is 6.01. The van der Waals surface area contributed by atoms with Crippen LogP contribution < -0.4 is 10.1 Å². The number of aromatic nitrogens is 3. The van der Waals surface area contributed by atoms with Crippen LogP contribution in [-0.2, 0) is 6.42 Å². The van der Waals surface area contributed by atoms with E-state index in [0.717, 1.165) is 24.5 Å². The van der Waals surface area contributed by atoms with E-state index in [-0.39, 0.29) is 6.04 Å². The van der Waals surface area contributed by atoms with Crippen molar-refractivity contribution in [2.75, 3.05) is 13.7 Å². The standard InChI is InChI=1S/C13H18N4O/c1-10(11-4-3-5-12(8-11)18-2)14-7-6-13-15-9-16-17-13/h3-5,8-10,14H,6-7H2,1-2H3,(H,15,16,17). The number of rotatable bonds is 6. The van der Waals surface area contributed by atoms with Crippen LogP contribution in [0.2, 0.25) is 0 Å². The SMILES string of the molecule is COc1cccc(C(C)NCCc2ncn[nH]2)c1. The molecule has 0 aliphatic heterocycles. The molecule has 0 spiro atoms. The van der Waals surface area contributed by atoms with Gasteiger partial charge in [0.1, 0.15) is 17.9 Å². The summed E-state index contributed by atoms with van der Waals surface area (Å²) in [6, 6.07) is 8.37. The van der Waals surface area contributed by atoms with Gasteiger partial charge < -0.3 is 10.1 Å². The molecule has 2 rings (SSSR count). The van der Waals surface area contributed by atoms with Crippen molar-refractivity contribution in [1.29, 1.82) is 0 Å². The number of benzene rings is 1. The lowest BCUT2D eigenvalue weighted by Crippen LogP contribution is -2.21. The van der Waals surface area contributed by atoms with Gasteiger partial charge in [-0.25, -0.2) is 4.98 Å². The second-order valence-electron chi connectivity index (χ2n) is 4.13. The van der Waals surface area contributed by atoms with Crippen molar-refractivity contribution in [3.63, 3.8) is 0 Å². The minimum absolute atomic E-state index is 0.281. The molecule has 0 bridgehead atoms. The van der Waals surface area contributed by atoms with E-state index in [1.807, 2.05) is 18.2 Å². The molecule has 18 heavy (non-hydrogen) atoms. The van der Waals surface area contributed by atoms with Crippen LogP contribution in [0.1, 0.15) is 24.4 Å². The maximum atomic E-state index is 5.22. The Labute approximate surface area is 107 Å². The molecule has 0 radical (unpaired) electrons. The summed E-state index contributed by atoms with van der Waals surface area (Å²) >= 11 is 0. The molecular weight excluding hydrogens is 228 g/mol. The van der Waals surface area contributed by atoms with Crippen LogP contribution in [0.5, 0.6) is 5.75 Å². The molecule has 1 unspecified atom stereocenters. The van der Waals surface area contributed by atoms with Crippen LogP contribution in [-0.4, -0.2) is 28.8 Å². The van der Waals surface area contributed by atoms with E-state index in [1.54, 1.807) is 7.11 Å². The van der Waals surface area contributed by atoms with Crippen LogP contribution in [0.15, 0.2) is 30.6 Å². The molecule has 0 aliphatic carbocycles. The van der Waals surface area contributed by atoms with Crippen LogP contribution in [0.4, 0.5) is 0 Å². The van der Waals surface area contributed by atoms with Crippen molar-refractivity contribution in [1.82, 2.24) is 20.5 Å². The van der Waals surface area contributed by atoms with Gasteiger partial charge in [-0.15, -0.1) is 0 Å². The summed E-state index contributed by atoms with van der Waals surface area (Å²) in [7, 11) is 1.68. The smallest absolute Gasteiger partial charge is 0.137 e. The zero-order chi connectivity index (χ0) is 12.8. The third-order valence-electron chi connectivity index (χ3n) is 2.87. The van der Waals surface area contributed by atoms with Gasteiger partial charge in [-0.3, -0.25) is 5.10 Å². The van der Waals surface area contributed by atoms with E-state index in [2.05, 4.69) is 33.5 Å². The van der Waals surface area contributed by atoms with Crippen molar-refractivity contribution in [3.8, 4) is 5.75 Å². The van der Waals surface area contributed by atoms with E-state index in [9.17, 15) is 0 Å². The van der Waals surface area contributed by atoms with Gasteiger partial charge in [0, 0.05) is 19.0 Å². The number of hydrogen-bond acceptors (Lipinski definition) is 4. The maximum Gasteiger partial charge on any atom is 0.137 e. The van der Waals surface area contributed by atoms with Crippen LogP contribution in [0.3, 0.4) is 0 Å². The van der Waals surface area contributed by atoms with Crippen molar-refractivity contribution < 1.29 is 4.74 Å². The molecule has 5 nitrogen and oxygen atoms in total. The Hall–Kier alpha value is -1.88. The van der Waals surface area contributed by atoms with Gasteiger partial charge in [-0.1, -0.05) is 12.1 Å². The molecule has 0 fully saturated rings. The molecule has 1 aromatic heterocycles. The topological polar surface area (TPSA) is 62.8 Å². The third-order valence-corrected chi connectivity index (χ3v) is 2.87. The highest BCUT2D eigenvalue weighted by Gasteiger charge is 2.05. The van der Waals surface area contributed by atoms with E-state index >= 15 is 0 Å². The lowest BCUT2D eigenvalue weighted by Gasteiger charge is -2.14. The summed E-state index contributed by atoms with van der Waals surface area (Å²) in [6.45, 7) is 2.99. The van der Waals surface area contributed by atoms with Crippen molar-refractivity contribution in [3.05, 3.63) is 42.0 Å². The highest BCUT2D eigenvalue weighted by atomic mass is 16.5. The number of aromatic amines is 1. The average molecular weight is 246 g/mol. The van der Waals surface area contributed by atoms with Crippen molar-refractivity contribution in [2.24, 2.45) is 0 Å². The average Bonchev–Trinajstić information content (AvgIpc) is 2.92. The van der Waals surface area contributed by atoms with Gasteiger partial charge in [0.15, 0.2) is 0 Å². The largest absolute Gasteiger partial charge is 0.497 e. The van der Waals surface area contributed by atoms with Crippen LogP contribution in [0, 0.1) is 0 Å². The van der Waals surface area contributed by atoms with E-state index in [4.69, 9.17) is 4.74 Å². The number of nitrogens with one attached hydrogen (secondary N) is 2. The zero-order valence-electron chi connectivity index (χ0n) is 10.7. The molecule has 1 atom stereocenters. The van der Waals surface area contributed by atoms with Crippen molar-refractivity contribution in [2.45, 2.75) is 19.4 Å². The lowest BCUT2D eigenvalue weighted by molar-refractivity contribution is 0.413. The van der Waals surface area contributed by atoms with Crippen LogP contribution in [0.25, 0.3) is 0 Å². The van der Waals surface area contributed by atoms with Gasteiger partial charge in [-0.2, -0.15) is 5.10 Å². The molecule has 5 heteroatoms. The predicted molar refractivity (Wildman–Crippen MR) is 69.5 cm³/mol. The van der Waals surface area contributed by atoms with E-state index in [0.29, 0.717) is 0 Å². The van der Waals surface area contributed by atoms with E-state index in [1.165, 1.54) is 11.9 Å². The Balaban J connectivity index is 1.85. The number of hydrogen-bond donors (Lipinski definition) is 2. The molecule has 2 aromatic rings. The Morgan fingerprint density at radius 3 is 3.06 bits per heavy atom. The molecule has 0 aliphatic rings. The quantitative estimate of drug-likeness (QED) is 0.814. The summed E-state index contributed by atoms with van der Waals surface area (Å²) < 4.78 is 5.22. The molecule has 0 amide bonds. The molecule has 1 aromatic carbocycles. The molecule has 0 saturated heterocycles. The van der Waals surface area contributed by atoms with Crippen LogP contribution >= 0.6 is 0 Å². The minimum atomic E-state index is 0.281. The van der Waals surface area contributed by atoms with E-state index < -0.39 is 0 Å². The summed E-state index contributed by atoms with van der Waals surface area (Å²) in [5, 5.41) is 10.1. The Kier molecular flexibility index (Phi) is 4.30.